The number of halogens is 3. The minimum atomic E-state index is -4.82. The summed E-state index contributed by atoms with van der Waals surface area (Å²) in [4.78, 5) is 48.8. The summed E-state index contributed by atoms with van der Waals surface area (Å²) in [6, 6.07) is 7.89. The van der Waals surface area contributed by atoms with Gasteiger partial charge in [0.15, 0.2) is 0 Å². The highest BCUT2D eigenvalue weighted by atomic mass is 32.2. The van der Waals surface area contributed by atoms with Gasteiger partial charge in [0.2, 0.25) is 11.8 Å². The van der Waals surface area contributed by atoms with Crippen LogP contribution in [-0.2, 0) is 20.9 Å². The summed E-state index contributed by atoms with van der Waals surface area (Å²) in [6.45, 7) is 2.30. The zero-order valence-corrected chi connectivity index (χ0v) is 20.8. The summed E-state index contributed by atoms with van der Waals surface area (Å²) in [5.74, 6) is -2.84. The predicted octanol–water partition coefficient (Wildman–Crippen LogP) is 2.25. The second-order valence-electron chi connectivity index (χ2n) is 8.01. The van der Waals surface area contributed by atoms with Crippen molar-refractivity contribution in [3.05, 3.63) is 58.4 Å². The smallest absolute Gasteiger partial charge is 0.480 e. The fourth-order valence-electron chi connectivity index (χ4n) is 3.37. The number of carbonyl (C=O) groups excluding carboxylic acids is 2. The Bertz CT molecular complexity index is 1400. The summed E-state index contributed by atoms with van der Waals surface area (Å²) in [5.41, 5.74) is 0.0919. The van der Waals surface area contributed by atoms with Crippen molar-refractivity contribution in [1.82, 2.24) is 25.6 Å². The molecule has 11 nitrogen and oxygen atoms in total. The molecule has 0 bridgehead atoms. The molecule has 1 heterocycles. The summed E-state index contributed by atoms with van der Waals surface area (Å²) in [6.07, 6.45) is -4.82. The molecule has 0 spiro atoms. The van der Waals surface area contributed by atoms with Crippen LogP contribution in [-0.4, -0.2) is 56.0 Å². The third-order valence-electron chi connectivity index (χ3n) is 5.08. The van der Waals surface area contributed by atoms with Crippen molar-refractivity contribution in [2.24, 2.45) is 0 Å². The van der Waals surface area contributed by atoms with E-state index in [1.165, 1.54) is 25.1 Å². The average Bonchev–Trinajstić information content (AvgIpc) is 2.82. The molecule has 3 rings (SSSR count). The molecule has 38 heavy (non-hydrogen) atoms. The van der Waals surface area contributed by atoms with Gasteiger partial charge in [-0.2, -0.15) is 0 Å². The number of fused-ring (bicyclic) bond motifs is 1. The van der Waals surface area contributed by atoms with E-state index in [0.29, 0.717) is 10.5 Å². The first kappa shape index (κ1) is 28.4. The van der Waals surface area contributed by atoms with Crippen LogP contribution in [0.15, 0.2) is 52.2 Å². The molecule has 2 amide bonds. The Labute approximate surface area is 217 Å². The number of hydrogen-bond donors (Lipinski definition) is 3. The minimum Gasteiger partial charge on any atom is -0.480 e. The third-order valence-corrected chi connectivity index (χ3v) is 6.23. The molecular formula is C23H22F3N5O6S. The lowest BCUT2D eigenvalue weighted by Crippen LogP contribution is -2.41. The summed E-state index contributed by atoms with van der Waals surface area (Å²) in [7, 11) is 0. The van der Waals surface area contributed by atoms with E-state index in [1.54, 1.807) is 19.1 Å². The first-order chi connectivity index (χ1) is 17.8. The standard InChI is InChI=1S/C23H22F3N5O6S/c1-12(14-6-8-15(9-7-14)37-23(24,25)26)27-19(33)10-31-21(34)20-16(29-30-31)4-3-5-18(20)38-11-17(22(35)36)28-13(2)32/h3-9,12,17H,10-11H2,1-2H3,(H,27,33)(H,28,32)(H,35,36)/t12-,17-/m0/s1. The molecule has 2 aromatic carbocycles. The Morgan fingerprint density at radius 3 is 2.42 bits per heavy atom. The number of alkyl halides is 3. The Hall–Kier alpha value is -4.14. The maximum absolute atomic E-state index is 13.1. The maximum atomic E-state index is 13.1. The number of aliphatic carboxylic acids is 1. The van der Waals surface area contributed by atoms with Crippen LogP contribution in [0, 0.1) is 0 Å². The van der Waals surface area contributed by atoms with E-state index in [0.717, 1.165) is 28.6 Å². The number of thioether (sulfide) groups is 1. The number of carboxylic acid groups (broad SMARTS) is 1. The highest BCUT2D eigenvalue weighted by Gasteiger charge is 2.31. The number of nitrogens with one attached hydrogen (secondary N) is 2. The van der Waals surface area contributed by atoms with E-state index >= 15 is 0 Å². The molecule has 3 N–H and O–H groups in total. The Morgan fingerprint density at radius 2 is 1.82 bits per heavy atom. The van der Waals surface area contributed by atoms with E-state index in [9.17, 15) is 37.5 Å². The van der Waals surface area contributed by atoms with Crippen LogP contribution in [0.3, 0.4) is 0 Å². The molecule has 0 fully saturated rings. The molecular weight excluding hydrogens is 531 g/mol. The second kappa shape index (κ2) is 11.9. The molecule has 1 aromatic heterocycles. The fourth-order valence-corrected chi connectivity index (χ4v) is 4.45. The van der Waals surface area contributed by atoms with Gasteiger partial charge < -0.3 is 20.5 Å². The van der Waals surface area contributed by atoms with Crippen LogP contribution in [0.2, 0.25) is 0 Å². The summed E-state index contributed by atoms with van der Waals surface area (Å²) in [5, 5.41) is 22.1. The normalized spacial score (nSPS) is 13.0. The second-order valence-corrected chi connectivity index (χ2v) is 9.07. The molecule has 0 aliphatic carbocycles. The predicted molar refractivity (Wildman–Crippen MR) is 129 cm³/mol. The number of rotatable bonds is 10. The van der Waals surface area contributed by atoms with Crippen molar-refractivity contribution < 1.29 is 37.4 Å². The number of benzene rings is 2. The van der Waals surface area contributed by atoms with Crippen LogP contribution in [0.4, 0.5) is 13.2 Å². The van der Waals surface area contributed by atoms with Gasteiger partial charge in [0.25, 0.3) is 5.56 Å². The van der Waals surface area contributed by atoms with Crippen LogP contribution in [0.1, 0.15) is 25.5 Å². The van der Waals surface area contributed by atoms with Gasteiger partial charge in [-0.3, -0.25) is 14.4 Å². The number of amides is 2. The minimum absolute atomic E-state index is 0.0689. The highest BCUT2D eigenvalue weighted by Crippen LogP contribution is 2.26. The van der Waals surface area contributed by atoms with Crippen molar-refractivity contribution in [3.8, 4) is 5.75 Å². The van der Waals surface area contributed by atoms with Crippen molar-refractivity contribution in [2.45, 2.75) is 43.7 Å². The number of aromatic nitrogens is 3. The number of carbonyl (C=O) groups is 3. The van der Waals surface area contributed by atoms with E-state index < -0.39 is 54.1 Å². The third kappa shape index (κ3) is 7.68. The number of carboxylic acids is 1. The molecule has 0 unspecified atom stereocenters. The monoisotopic (exact) mass is 553 g/mol. The Kier molecular flexibility index (Phi) is 8.93. The van der Waals surface area contributed by atoms with Crippen LogP contribution < -0.4 is 20.9 Å². The lowest BCUT2D eigenvalue weighted by molar-refractivity contribution is -0.274. The van der Waals surface area contributed by atoms with Crippen LogP contribution in [0.25, 0.3) is 10.9 Å². The van der Waals surface area contributed by atoms with Gasteiger partial charge in [-0.15, -0.1) is 30.0 Å². The van der Waals surface area contributed by atoms with Crippen molar-refractivity contribution in [2.75, 3.05) is 5.75 Å². The van der Waals surface area contributed by atoms with Gasteiger partial charge in [-0.1, -0.05) is 23.4 Å². The number of nitrogens with zero attached hydrogens (tertiary/aromatic N) is 3. The van der Waals surface area contributed by atoms with Crippen molar-refractivity contribution in [3.63, 3.8) is 0 Å². The van der Waals surface area contributed by atoms with E-state index in [2.05, 4.69) is 25.7 Å². The van der Waals surface area contributed by atoms with Crippen LogP contribution >= 0.6 is 11.8 Å². The SMILES string of the molecule is CC(=O)N[C@@H](CSc1cccc2nnn(CC(=O)N[C@@H](C)c3ccc(OC(F)(F)F)cc3)c(=O)c12)C(=O)O. The van der Waals surface area contributed by atoms with Gasteiger partial charge in [0, 0.05) is 17.6 Å². The molecule has 0 aliphatic rings. The first-order valence-electron chi connectivity index (χ1n) is 11.0. The van der Waals surface area contributed by atoms with Gasteiger partial charge in [-0.05, 0) is 36.8 Å². The molecule has 0 saturated carbocycles. The van der Waals surface area contributed by atoms with Gasteiger partial charge in [0.05, 0.1) is 11.4 Å². The first-order valence-corrected chi connectivity index (χ1v) is 12.0. The van der Waals surface area contributed by atoms with E-state index in [1.807, 2.05) is 0 Å². The summed E-state index contributed by atoms with van der Waals surface area (Å²) < 4.78 is 41.7. The molecule has 3 aromatic rings. The lowest BCUT2D eigenvalue weighted by atomic mass is 10.1. The quantitative estimate of drug-likeness (QED) is 0.321. The zero-order chi connectivity index (χ0) is 28.0. The Morgan fingerprint density at radius 1 is 1.13 bits per heavy atom. The zero-order valence-electron chi connectivity index (χ0n) is 20.0. The largest absolute Gasteiger partial charge is 0.573 e. The lowest BCUT2D eigenvalue weighted by Gasteiger charge is -2.16. The Balaban J connectivity index is 1.73. The van der Waals surface area contributed by atoms with Gasteiger partial charge in [-0.25, -0.2) is 9.48 Å². The summed E-state index contributed by atoms with van der Waals surface area (Å²) >= 11 is 1.02. The number of ether oxygens (including phenoxy) is 1. The van der Waals surface area contributed by atoms with Gasteiger partial charge in [0.1, 0.15) is 23.9 Å². The average molecular weight is 554 g/mol. The topological polar surface area (TPSA) is 153 Å². The molecule has 202 valence electrons. The maximum Gasteiger partial charge on any atom is 0.573 e. The van der Waals surface area contributed by atoms with Crippen molar-refractivity contribution in [1.29, 1.82) is 0 Å². The van der Waals surface area contributed by atoms with E-state index in [-0.39, 0.29) is 16.7 Å². The van der Waals surface area contributed by atoms with Crippen molar-refractivity contribution >= 4 is 40.4 Å². The van der Waals surface area contributed by atoms with Gasteiger partial charge >= 0.3 is 12.3 Å². The van der Waals surface area contributed by atoms with E-state index in [4.69, 9.17) is 0 Å². The number of hydrogen-bond acceptors (Lipinski definition) is 8. The molecule has 0 radical (unpaired) electrons. The molecule has 0 aliphatic heterocycles. The molecule has 15 heteroatoms. The fraction of sp³-hybridized carbons (Fsp3) is 0.304. The molecule has 0 saturated heterocycles. The molecule has 2 atom stereocenters. The van der Waals surface area contributed by atoms with Crippen LogP contribution in [0.5, 0.6) is 5.75 Å². The highest BCUT2D eigenvalue weighted by molar-refractivity contribution is 7.99.